The molecule has 0 aliphatic rings. The van der Waals surface area contributed by atoms with Crippen LogP contribution in [0.2, 0.25) is 0 Å². The van der Waals surface area contributed by atoms with Gasteiger partial charge in [0, 0.05) is 6.08 Å². The Balaban J connectivity index is 2.06. The summed E-state index contributed by atoms with van der Waals surface area (Å²) in [6.07, 6.45) is 1.33. The van der Waals surface area contributed by atoms with Gasteiger partial charge in [-0.1, -0.05) is 60.7 Å². The fraction of sp³-hybridized carbons (Fsp3) is 0.0588. The number of rotatable bonds is 5. The van der Waals surface area contributed by atoms with Gasteiger partial charge in [-0.2, -0.15) is 0 Å². The van der Waals surface area contributed by atoms with Crippen molar-refractivity contribution in [2.75, 3.05) is 0 Å². The predicted octanol–water partition coefficient (Wildman–Crippen LogP) is 1.73. The summed E-state index contributed by atoms with van der Waals surface area (Å²) in [5, 5.41) is 11.1. The van der Waals surface area contributed by atoms with E-state index in [9.17, 15) is 14.7 Å². The third kappa shape index (κ3) is 4.31. The van der Waals surface area contributed by atoms with E-state index in [0.29, 0.717) is 5.56 Å². The fourth-order valence-corrected chi connectivity index (χ4v) is 1.76. The molecule has 0 amide bonds. The van der Waals surface area contributed by atoms with Crippen molar-refractivity contribution in [1.29, 1.82) is 0 Å². The molecule has 2 rings (SSSR count). The summed E-state index contributed by atoms with van der Waals surface area (Å²) in [5.74, 6) is -2.19. The van der Waals surface area contributed by atoms with E-state index in [0.717, 1.165) is 5.56 Å². The van der Waals surface area contributed by atoms with Gasteiger partial charge in [-0.25, -0.2) is 4.79 Å². The first-order chi connectivity index (χ1) is 10.2. The Morgan fingerprint density at radius 3 is 2.10 bits per heavy atom. The smallest absolute Gasteiger partial charge is 0.331 e. The standard InChI is InChI=1S/C17H14O4/c18-15(12-11-13-7-3-1-4-8-13)21-16(17(19)20)14-9-5-2-6-10-14/h1-12,16H,(H,19,20)/p-1/b12-11+/t16-/m1/s1. The van der Waals surface area contributed by atoms with Crippen LogP contribution in [0.5, 0.6) is 0 Å². The Hall–Kier alpha value is -2.88. The zero-order valence-corrected chi connectivity index (χ0v) is 11.1. The van der Waals surface area contributed by atoms with Gasteiger partial charge < -0.3 is 14.6 Å². The summed E-state index contributed by atoms with van der Waals surface area (Å²) in [4.78, 5) is 22.8. The number of hydrogen-bond acceptors (Lipinski definition) is 4. The largest absolute Gasteiger partial charge is 0.546 e. The normalized spacial score (nSPS) is 12.0. The van der Waals surface area contributed by atoms with E-state index in [2.05, 4.69) is 0 Å². The maximum absolute atomic E-state index is 11.7. The molecule has 0 fully saturated rings. The lowest BCUT2D eigenvalue weighted by Crippen LogP contribution is -2.32. The summed E-state index contributed by atoms with van der Waals surface area (Å²) < 4.78 is 4.93. The van der Waals surface area contributed by atoms with Crippen molar-refractivity contribution in [3.05, 3.63) is 77.9 Å². The average Bonchev–Trinajstić information content (AvgIpc) is 2.52. The Bertz CT molecular complexity index is 632. The molecule has 0 aromatic heterocycles. The highest BCUT2D eigenvalue weighted by Crippen LogP contribution is 2.17. The first kappa shape index (κ1) is 14.5. The number of benzene rings is 2. The van der Waals surface area contributed by atoms with E-state index in [4.69, 9.17) is 4.74 Å². The van der Waals surface area contributed by atoms with E-state index in [1.54, 1.807) is 36.4 Å². The summed E-state index contributed by atoms with van der Waals surface area (Å²) in [5.41, 5.74) is 1.18. The second-order valence-corrected chi connectivity index (χ2v) is 4.29. The van der Waals surface area contributed by atoms with Crippen molar-refractivity contribution in [3.8, 4) is 0 Å². The van der Waals surface area contributed by atoms with Crippen molar-refractivity contribution >= 4 is 18.0 Å². The van der Waals surface area contributed by atoms with Crippen LogP contribution in [-0.2, 0) is 14.3 Å². The number of aliphatic carboxylic acids is 1. The van der Waals surface area contributed by atoms with Crippen molar-refractivity contribution in [2.45, 2.75) is 6.10 Å². The molecule has 0 N–H and O–H groups in total. The molecular weight excluding hydrogens is 268 g/mol. The molecule has 4 heteroatoms. The molecule has 106 valence electrons. The van der Waals surface area contributed by atoms with E-state index < -0.39 is 18.0 Å². The molecule has 0 unspecified atom stereocenters. The van der Waals surface area contributed by atoms with Gasteiger partial charge in [0.1, 0.15) is 0 Å². The van der Waals surface area contributed by atoms with Crippen LogP contribution < -0.4 is 5.11 Å². The number of esters is 1. The zero-order chi connectivity index (χ0) is 15.1. The molecule has 2 aromatic carbocycles. The molecule has 0 aliphatic carbocycles. The van der Waals surface area contributed by atoms with Gasteiger partial charge in [0.2, 0.25) is 0 Å². The number of carbonyl (C=O) groups excluding carboxylic acids is 2. The Morgan fingerprint density at radius 2 is 1.52 bits per heavy atom. The number of carbonyl (C=O) groups is 2. The molecule has 4 nitrogen and oxygen atoms in total. The lowest BCUT2D eigenvalue weighted by Gasteiger charge is -2.18. The van der Waals surface area contributed by atoms with E-state index >= 15 is 0 Å². The maximum Gasteiger partial charge on any atom is 0.331 e. The van der Waals surface area contributed by atoms with Gasteiger partial charge in [0.05, 0.1) is 5.97 Å². The highest BCUT2D eigenvalue weighted by molar-refractivity contribution is 5.89. The number of ether oxygens (including phenoxy) is 1. The minimum absolute atomic E-state index is 0.360. The van der Waals surface area contributed by atoms with Gasteiger partial charge in [-0.15, -0.1) is 0 Å². The Kier molecular flexibility index (Phi) is 4.88. The Morgan fingerprint density at radius 1 is 0.952 bits per heavy atom. The molecular formula is C17H13O4-. The molecule has 0 saturated carbocycles. The molecule has 0 radical (unpaired) electrons. The van der Waals surface area contributed by atoms with E-state index in [-0.39, 0.29) is 0 Å². The lowest BCUT2D eigenvalue weighted by molar-refractivity contribution is -0.316. The van der Waals surface area contributed by atoms with E-state index in [1.807, 2.05) is 30.3 Å². The summed E-state index contributed by atoms with van der Waals surface area (Å²) in [6.45, 7) is 0. The van der Waals surface area contributed by atoms with Crippen LogP contribution >= 0.6 is 0 Å². The van der Waals surface area contributed by atoms with Gasteiger partial charge in [0.25, 0.3) is 0 Å². The molecule has 0 aliphatic heterocycles. The van der Waals surface area contributed by atoms with Crippen molar-refractivity contribution in [2.24, 2.45) is 0 Å². The van der Waals surface area contributed by atoms with Gasteiger partial charge >= 0.3 is 5.97 Å². The third-order valence-electron chi connectivity index (χ3n) is 2.76. The topological polar surface area (TPSA) is 66.4 Å². The summed E-state index contributed by atoms with van der Waals surface area (Å²) in [7, 11) is 0. The zero-order valence-electron chi connectivity index (χ0n) is 11.1. The molecule has 0 saturated heterocycles. The minimum Gasteiger partial charge on any atom is -0.546 e. The average molecular weight is 281 g/mol. The predicted molar refractivity (Wildman–Crippen MR) is 75.8 cm³/mol. The quantitative estimate of drug-likeness (QED) is 0.618. The van der Waals surface area contributed by atoms with Crippen molar-refractivity contribution in [1.82, 2.24) is 0 Å². The first-order valence-electron chi connectivity index (χ1n) is 6.36. The molecule has 21 heavy (non-hydrogen) atoms. The van der Waals surface area contributed by atoms with Crippen LogP contribution in [0.15, 0.2) is 66.7 Å². The second-order valence-electron chi connectivity index (χ2n) is 4.29. The third-order valence-corrected chi connectivity index (χ3v) is 2.76. The molecule has 1 atom stereocenters. The van der Waals surface area contributed by atoms with Gasteiger partial charge in [-0.05, 0) is 17.2 Å². The van der Waals surface area contributed by atoms with Crippen LogP contribution in [0.4, 0.5) is 0 Å². The maximum atomic E-state index is 11.7. The van der Waals surface area contributed by atoms with Crippen molar-refractivity contribution in [3.63, 3.8) is 0 Å². The van der Waals surface area contributed by atoms with Crippen LogP contribution in [0, 0.1) is 0 Å². The first-order valence-corrected chi connectivity index (χ1v) is 6.36. The van der Waals surface area contributed by atoms with Gasteiger partial charge in [-0.3, -0.25) is 0 Å². The minimum atomic E-state index is -1.46. The van der Waals surface area contributed by atoms with E-state index in [1.165, 1.54) is 6.08 Å². The number of hydrogen-bond donors (Lipinski definition) is 0. The Labute approximate surface area is 122 Å². The highest BCUT2D eigenvalue weighted by Gasteiger charge is 2.16. The van der Waals surface area contributed by atoms with Gasteiger partial charge in [0.15, 0.2) is 6.10 Å². The van der Waals surface area contributed by atoms with Crippen LogP contribution in [0.3, 0.4) is 0 Å². The fourth-order valence-electron chi connectivity index (χ4n) is 1.76. The highest BCUT2D eigenvalue weighted by atomic mass is 16.6. The second kappa shape index (κ2) is 7.05. The monoisotopic (exact) mass is 281 g/mol. The van der Waals surface area contributed by atoms with Crippen LogP contribution in [0.25, 0.3) is 6.08 Å². The number of carboxylic acids is 1. The van der Waals surface area contributed by atoms with Crippen molar-refractivity contribution < 1.29 is 19.4 Å². The molecule has 0 bridgehead atoms. The number of carboxylic acid groups (broad SMARTS) is 1. The summed E-state index contributed by atoms with van der Waals surface area (Å²) in [6, 6.07) is 17.4. The molecule has 0 spiro atoms. The lowest BCUT2D eigenvalue weighted by atomic mass is 10.1. The summed E-state index contributed by atoms with van der Waals surface area (Å²) >= 11 is 0. The SMILES string of the molecule is O=C(/C=C/c1ccccc1)O[C@@H](C(=O)[O-])c1ccccc1. The molecule has 2 aromatic rings. The van der Waals surface area contributed by atoms with Crippen LogP contribution in [-0.4, -0.2) is 11.9 Å². The van der Waals surface area contributed by atoms with Crippen LogP contribution in [0.1, 0.15) is 17.2 Å². The molecule has 0 heterocycles.